The Morgan fingerprint density at radius 3 is 2.74 bits per heavy atom. The summed E-state index contributed by atoms with van der Waals surface area (Å²) in [4.78, 5) is 17.4. The van der Waals surface area contributed by atoms with Crippen LogP contribution in [0.15, 0.2) is 47.5 Å². The smallest absolute Gasteiger partial charge is 0.279 e. The quantitative estimate of drug-likeness (QED) is 0.663. The highest BCUT2D eigenvalue weighted by atomic mass is 32.1. The van der Waals surface area contributed by atoms with Crippen molar-refractivity contribution in [2.24, 2.45) is 4.99 Å². The molecular weight excluding hydrogens is 304 g/mol. The number of amides is 1. The normalized spacial score (nSPS) is 11.6. The number of carbonyl (C=O) groups is 1. The summed E-state index contributed by atoms with van der Waals surface area (Å²) in [5, 5.41) is 0. The van der Waals surface area contributed by atoms with Crippen molar-refractivity contribution in [2.45, 2.75) is 20.4 Å². The molecule has 3 aromatic rings. The summed E-state index contributed by atoms with van der Waals surface area (Å²) >= 11 is 1.47. The number of rotatable bonds is 2. The molecule has 0 aliphatic rings. The maximum atomic E-state index is 12.5. The van der Waals surface area contributed by atoms with Gasteiger partial charge in [-0.25, -0.2) is 0 Å². The van der Waals surface area contributed by atoms with E-state index >= 15 is 0 Å². The van der Waals surface area contributed by atoms with Crippen LogP contribution in [0.25, 0.3) is 10.2 Å². The van der Waals surface area contributed by atoms with Gasteiger partial charge in [0.2, 0.25) is 0 Å². The standard InChI is InChI=1S/C19H16N2OS/c1-4-11-21-16-7-5-6-8-17(16)23-19(21)20-18(22)15-10-9-13(2)14(3)12-15/h1,5-10,12H,11H2,2-3H3. The average Bonchev–Trinajstić information content (AvgIpc) is 2.88. The second kappa shape index (κ2) is 6.23. The summed E-state index contributed by atoms with van der Waals surface area (Å²) in [6.07, 6.45) is 5.47. The van der Waals surface area contributed by atoms with Crippen LogP contribution < -0.4 is 4.80 Å². The first kappa shape index (κ1) is 15.3. The first-order chi connectivity index (χ1) is 11.1. The lowest BCUT2D eigenvalue weighted by Crippen LogP contribution is -2.16. The van der Waals surface area contributed by atoms with Gasteiger partial charge in [-0.2, -0.15) is 4.99 Å². The van der Waals surface area contributed by atoms with E-state index in [2.05, 4.69) is 10.9 Å². The SMILES string of the molecule is C#CCn1c(=NC(=O)c2ccc(C)c(C)c2)sc2ccccc21. The molecule has 3 rings (SSSR count). The van der Waals surface area contributed by atoms with E-state index in [9.17, 15) is 4.79 Å². The fraction of sp³-hybridized carbons (Fsp3) is 0.158. The van der Waals surface area contributed by atoms with Crippen molar-refractivity contribution < 1.29 is 4.79 Å². The minimum Gasteiger partial charge on any atom is -0.305 e. The summed E-state index contributed by atoms with van der Waals surface area (Å²) in [6.45, 7) is 4.40. The van der Waals surface area contributed by atoms with Crippen LogP contribution in [-0.4, -0.2) is 10.5 Å². The Balaban J connectivity index is 2.13. The lowest BCUT2D eigenvalue weighted by Gasteiger charge is -2.02. The topological polar surface area (TPSA) is 34.4 Å². The molecule has 0 aliphatic carbocycles. The van der Waals surface area contributed by atoms with Gasteiger partial charge in [0.1, 0.15) is 0 Å². The van der Waals surface area contributed by atoms with Crippen molar-refractivity contribution in [3.63, 3.8) is 0 Å². The van der Waals surface area contributed by atoms with E-state index in [1.165, 1.54) is 11.3 Å². The molecule has 0 bridgehead atoms. The number of fused-ring (bicyclic) bond motifs is 1. The molecule has 4 heteroatoms. The number of benzene rings is 2. The molecule has 23 heavy (non-hydrogen) atoms. The lowest BCUT2D eigenvalue weighted by molar-refractivity contribution is 0.0998. The summed E-state index contributed by atoms with van der Waals surface area (Å²) in [7, 11) is 0. The van der Waals surface area contributed by atoms with Gasteiger partial charge in [-0.05, 0) is 49.2 Å². The summed E-state index contributed by atoms with van der Waals surface area (Å²) < 4.78 is 2.97. The number of para-hydroxylation sites is 1. The number of aryl methyl sites for hydroxylation is 2. The van der Waals surface area contributed by atoms with E-state index in [0.717, 1.165) is 21.3 Å². The molecule has 114 valence electrons. The van der Waals surface area contributed by atoms with E-state index in [1.807, 2.05) is 60.9 Å². The second-order valence-corrected chi connectivity index (χ2v) is 6.37. The van der Waals surface area contributed by atoms with E-state index < -0.39 is 0 Å². The minimum atomic E-state index is -0.245. The summed E-state index contributed by atoms with van der Waals surface area (Å²) in [5.41, 5.74) is 3.84. The molecule has 0 unspecified atom stereocenters. The van der Waals surface area contributed by atoms with Crippen LogP contribution in [-0.2, 0) is 6.54 Å². The van der Waals surface area contributed by atoms with E-state index in [4.69, 9.17) is 6.42 Å². The van der Waals surface area contributed by atoms with Gasteiger partial charge in [-0.3, -0.25) is 4.79 Å². The predicted molar refractivity (Wildman–Crippen MR) is 94.5 cm³/mol. The highest BCUT2D eigenvalue weighted by molar-refractivity contribution is 7.16. The van der Waals surface area contributed by atoms with E-state index in [-0.39, 0.29) is 5.91 Å². The van der Waals surface area contributed by atoms with Crippen molar-refractivity contribution in [3.8, 4) is 12.3 Å². The van der Waals surface area contributed by atoms with Crippen molar-refractivity contribution >= 4 is 27.5 Å². The first-order valence-corrected chi connectivity index (χ1v) is 8.10. The zero-order valence-electron chi connectivity index (χ0n) is 13.0. The van der Waals surface area contributed by atoms with Crippen LogP contribution in [0, 0.1) is 26.2 Å². The van der Waals surface area contributed by atoms with Crippen LogP contribution >= 0.6 is 11.3 Å². The number of hydrogen-bond acceptors (Lipinski definition) is 2. The van der Waals surface area contributed by atoms with Gasteiger partial charge in [0, 0.05) is 5.56 Å². The summed E-state index contributed by atoms with van der Waals surface area (Å²) in [5.74, 6) is 2.39. The van der Waals surface area contributed by atoms with Gasteiger partial charge in [0.05, 0.1) is 16.8 Å². The molecule has 1 aromatic heterocycles. The monoisotopic (exact) mass is 320 g/mol. The highest BCUT2D eigenvalue weighted by Crippen LogP contribution is 2.17. The molecule has 1 heterocycles. The fourth-order valence-corrected chi connectivity index (χ4v) is 3.40. The zero-order valence-corrected chi connectivity index (χ0v) is 13.9. The Morgan fingerprint density at radius 2 is 2.00 bits per heavy atom. The zero-order chi connectivity index (χ0) is 16.4. The average molecular weight is 320 g/mol. The first-order valence-electron chi connectivity index (χ1n) is 7.28. The van der Waals surface area contributed by atoms with Crippen LogP contribution in [0.1, 0.15) is 21.5 Å². The predicted octanol–water partition coefficient (Wildman–Crippen LogP) is 3.69. The Bertz CT molecular complexity index is 1000. The van der Waals surface area contributed by atoms with E-state index in [0.29, 0.717) is 16.9 Å². The molecule has 0 aliphatic heterocycles. The highest BCUT2D eigenvalue weighted by Gasteiger charge is 2.09. The number of aromatic nitrogens is 1. The minimum absolute atomic E-state index is 0.245. The van der Waals surface area contributed by atoms with Crippen LogP contribution in [0.2, 0.25) is 0 Å². The van der Waals surface area contributed by atoms with Crippen molar-refractivity contribution in [1.29, 1.82) is 0 Å². The Morgan fingerprint density at radius 1 is 1.22 bits per heavy atom. The van der Waals surface area contributed by atoms with Crippen molar-refractivity contribution in [3.05, 3.63) is 64.0 Å². The molecule has 0 radical (unpaired) electrons. The molecule has 0 saturated carbocycles. The molecule has 0 fully saturated rings. The Kier molecular flexibility index (Phi) is 4.14. The molecule has 3 nitrogen and oxygen atoms in total. The lowest BCUT2D eigenvalue weighted by atomic mass is 10.1. The number of terminal acetylenes is 1. The van der Waals surface area contributed by atoms with Gasteiger partial charge in [-0.15, -0.1) is 6.42 Å². The molecule has 0 saturated heterocycles. The second-order valence-electron chi connectivity index (χ2n) is 5.36. The van der Waals surface area contributed by atoms with Gasteiger partial charge in [-0.1, -0.05) is 35.5 Å². The molecule has 0 atom stereocenters. The van der Waals surface area contributed by atoms with E-state index in [1.54, 1.807) is 0 Å². The van der Waals surface area contributed by atoms with Gasteiger partial charge in [0.25, 0.3) is 5.91 Å². The van der Waals surface area contributed by atoms with Crippen LogP contribution in [0.3, 0.4) is 0 Å². The van der Waals surface area contributed by atoms with Gasteiger partial charge in [0.15, 0.2) is 4.80 Å². The third-order valence-corrected chi connectivity index (χ3v) is 4.85. The van der Waals surface area contributed by atoms with Crippen LogP contribution in [0.5, 0.6) is 0 Å². The van der Waals surface area contributed by atoms with Crippen LogP contribution in [0.4, 0.5) is 0 Å². The van der Waals surface area contributed by atoms with Gasteiger partial charge < -0.3 is 4.57 Å². The number of thiazole rings is 1. The van der Waals surface area contributed by atoms with Gasteiger partial charge >= 0.3 is 0 Å². The third-order valence-electron chi connectivity index (χ3n) is 3.79. The molecule has 2 aromatic carbocycles. The maximum Gasteiger partial charge on any atom is 0.279 e. The molecule has 0 N–H and O–H groups in total. The number of nitrogens with zero attached hydrogens (tertiary/aromatic N) is 2. The maximum absolute atomic E-state index is 12.5. The number of carbonyl (C=O) groups excluding carboxylic acids is 1. The Hall–Kier alpha value is -2.64. The fourth-order valence-electron chi connectivity index (χ4n) is 2.38. The van der Waals surface area contributed by atoms with Crippen molar-refractivity contribution in [1.82, 2.24) is 4.57 Å². The Labute approximate surface area is 138 Å². The molecule has 1 amide bonds. The van der Waals surface area contributed by atoms with Crippen molar-refractivity contribution in [2.75, 3.05) is 0 Å². The third kappa shape index (κ3) is 2.96. The summed E-state index contributed by atoms with van der Waals surface area (Å²) in [6, 6.07) is 13.5. The molecular formula is C19H16N2OS. The largest absolute Gasteiger partial charge is 0.305 e. The number of hydrogen-bond donors (Lipinski definition) is 0. The molecule has 0 spiro atoms.